The third kappa shape index (κ3) is 2.44. The predicted octanol–water partition coefficient (Wildman–Crippen LogP) is 1.55. The van der Waals surface area contributed by atoms with Crippen LogP contribution in [0, 0.1) is 0 Å². The Morgan fingerprint density at radius 3 is 3.18 bits per heavy atom. The third-order valence-electron chi connectivity index (χ3n) is 4.25. The number of nitrogens with zero attached hydrogens (tertiary/aromatic N) is 2. The Kier molecular flexibility index (Phi) is 3.48. The van der Waals surface area contributed by atoms with Gasteiger partial charge in [-0.25, -0.2) is 0 Å². The van der Waals surface area contributed by atoms with E-state index in [1.54, 1.807) is 0 Å². The first-order valence-corrected chi connectivity index (χ1v) is 7.49. The van der Waals surface area contributed by atoms with Crippen molar-refractivity contribution in [2.24, 2.45) is 7.05 Å². The van der Waals surface area contributed by atoms with Crippen LogP contribution in [0.25, 0.3) is 0 Å². The maximum Gasteiger partial charge on any atom is 0.231 e. The first kappa shape index (κ1) is 13.6. The number of ether oxygens (including phenoxy) is 3. The molecule has 1 N–H and O–H groups in total. The van der Waals surface area contributed by atoms with Gasteiger partial charge in [0.2, 0.25) is 6.79 Å². The zero-order valence-corrected chi connectivity index (χ0v) is 12.5. The molecule has 0 radical (unpaired) electrons. The minimum absolute atomic E-state index is 0.315. The Labute approximate surface area is 129 Å². The molecule has 0 saturated carbocycles. The molecule has 1 atom stereocenters. The molecule has 2 aliphatic heterocycles. The summed E-state index contributed by atoms with van der Waals surface area (Å²) < 4.78 is 18.3. The molecule has 0 bridgehead atoms. The van der Waals surface area contributed by atoms with Gasteiger partial charge < -0.3 is 19.5 Å². The number of fused-ring (bicyclic) bond motifs is 2. The van der Waals surface area contributed by atoms with Crippen molar-refractivity contribution >= 4 is 0 Å². The molecule has 6 heteroatoms. The summed E-state index contributed by atoms with van der Waals surface area (Å²) in [5.74, 6) is 2.01. The monoisotopic (exact) mass is 301 g/mol. The van der Waals surface area contributed by atoms with Gasteiger partial charge in [0.05, 0.1) is 25.1 Å². The van der Waals surface area contributed by atoms with Gasteiger partial charge in [0.1, 0.15) is 0 Å². The molecule has 4 rings (SSSR count). The lowest BCUT2D eigenvalue weighted by atomic mass is 9.98. The van der Waals surface area contributed by atoms with E-state index in [4.69, 9.17) is 14.2 Å². The van der Waals surface area contributed by atoms with Crippen LogP contribution in [-0.4, -0.2) is 29.7 Å². The lowest BCUT2D eigenvalue weighted by Gasteiger charge is -2.23. The lowest BCUT2D eigenvalue weighted by Crippen LogP contribution is -2.27. The molecule has 0 unspecified atom stereocenters. The summed E-state index contributed by atoms with van der Waals surface area (Å²) in [4.78, 5) is 0. The average Bonchev–Trinajstić information content (AvgIpc) is 3.14. The molecule has 2 aromatic rings. The van der Waals surface area contributed by atoms with Crippen LogP contribution in [0.1, 0.15) is 22.7 Å². The van der Waals surface area contributed by atoms with Crippen molar-refractivity contribution in [1.82, 2.24) is 15.1 Å². The van der Waals surface area contributed by atoms with Crippen LogP contribution in [-0.2, 0) is 24.9 Å². The van der Waals surface area contributed by atoms with Crippen LogP contribution in [0.4, 0.5) is 0 Å². The zero-order valence-electron chi connectivity index (χ0n) is 12.5. The van der Waals surface area contributed by atoms with E-state index < -0.39 is 0 Å². The maximum atomic E-state index is 5.67. The van der Waals surface area contributed by atoms with Crippen molar-refractivity contribution in [2.75, 3.05) is 19.9 Å². The molecule has 3 heterocycles. The van der Waals surface area contributed by atoms with E-state index in [-0.39, 0.29) is 0 Å². The highest BCUT2D eigenvalue weighted by Crippen LogP contribution is 2.32. The fourth-order valence-electron chi connectivity index (χ4n) is 3.00. The lowest BCUT2D eigenvalue weighted by molar-refractivity contribution is 0.0857. The second-order valence-corrected chi connectivity index (χ2v) is 5.70. The van der Waals surface area contributed by atoms with Gasteiger partial charge in [-0.2, -0.15) is 5.10 Å². The van der Waals surface area contributed by atoms with Gasteiger partial charge in [0, 0.05) is 31.6 Å². The molecule has 6 nitrogen and oxygen atoms in total. The molecule has 0 spiro atoms. The van der Waals surface area contributed by atoms with Gasteiger partial charge in [0.15, 0.2) is 11.5 Å². The van der Waals surface area contributed by atoms with Gasteiger partial charge in [-0.05, 0) is 17.7 Å². The van der Waals surface area contributed by atoms with Crippen LogP contribution in [0.5, 0.6) is 11.5 Å². The smallest absolute Gasteiger partial charge is 0.231 e. The normalized spacial score (nSPS) is 19.2. The second kappa shape index (κ2) is 5.62. The van der Waals surface area contributed by atoms with Crippen molar-refractivity contribution in [3.8, 4) is 11.5 Å². The van der Waals surface area contributed by atoms with Crippen LogP contribution in [0.3, 0.4) is 0 Å². The van der Waals surface area contributed by atoms with E-state index >= 15 is 0 Å². The molecule has 2 aliphatic rings. The third-order valence-corrected chi connectivity index (χ3v) is 4.25. The number of aromatic nitrogens is 2. The fraction of sp³-hybridized carbons (Fsp3) is 0.438. The summed E-state index contributed by atoms with van der Waals surface area (Å²) in [6.07, 6.45) is 1.96. The van der Waals surface area contributed by atoms with E-state index in [0.29, 0.717) is 19.3 Å². The summed E-state index contributed by atoms with van der Waals surface area (Å²) in [6.45, 7) is 3.38. The Morgan fingerprint density at radius 2 is 2.23 bits per heavy atom. The Bertz CT molecular complexity index is 683. The van der Waals surface area contributed by atoms with Crippen molar-refractivity contribution in [1.29, 1.82) is 0 Å². The molecular weight excluding hydrogens is 282 g/mol. The molecule has 1 aromatic carbocycles. The van der Waals surface area contributed by atoms with Crippen molar-refractivity contribution in [3.05, 3.63) is 41.2 Å². The van der Waals surface area contributed by atoms with E-state index in [1.165, 1.54) is 16.8 Å². The van der Waals surface area contributed by atoms with Gasteiger partial charge in [-0.1, -0.05) is 6.07 Å². The Hall–Kier alpha value is -2.05. The molecule has 116 valence electrons. The van der Waals surface area contributed by atoms with E-state index in [2.05, 4.69) is 16.5 Å². The van der Waals surface area contributed by atoms with Gasteiger partial charge in [-0.15, -0.1) is 0 Å². The first-order chi connectivity index (χ1) is 10.8. The first-order valence-electron chi connectivity index (χ1n) is 7.49. The van der Waals surface area contributed by atoms with E-state index in [1.807, 2.05) is 30.1 Å². The summed E-state index contributed by atoms with van der Waals surface area (Å²) in [6, 6.07) is 6.05. The Morgan fingerprint density at radius 1 is 1.32 bits per heavy atom. The van der Waals surface area contributed by atoms with Gasteiger partial charge in [-0.3, -0.25) is 4.68 Å². The quantitative estimate of drug-likeness (QED) is 0.928. The minimum atomic E-state index is 0.315. The maximum absolute atomic E-state index is 5.67. The number of hydrogen-bond acceptors (Lipinski definition) is 5. The average molecular weight is 301 g/mol. The van der Waals surface area contributed by atoms with Crippen molar-refractivity contribution in [3.63, 3.8) is 0 Å². The number of benzene rings is 1. The van der Waals surface area contributed by atoms with E-state index in [0.717, 1.165) is 31.2 Å². The molecule has 22 heavy (non-hydrogen) atoms. The minimum Gasteiger partial charge on any atom is -0.454 e. The zero-order chi connectivity index (χ0) is 14.9. The standard InChI is InChI=1S/C16H19N3O3/c1-19-14-9-20-8-12(13(14)7-18-19)6-17-5-11-2-3-15-16(4-11)22-10-21-15/h2-4,7,12,17H,5-6,8-10H2,1H3/t12-/m0/s1. The number of rotatable bonds is 4. The highest BCUT2D eigenvalue weighted by atomic mass is 16.7. The highest BCUT2D eigenvalue weighted by Gasteiger charge is 2.23. The summed E-state index contributed by atoms with van der Waals surface area (Å²) in [5, 5.41) is 7.83. The Balaban J connectivity index is 1.38. The molecule has 1 aromatic heterocycles. The molecule has 0 aliphatic carbocycles. The molecular formula is C16H19N3O3. The van der Waals surface area contributed by atoms with Gasteiger partial charge in [0.25, 0.3) is 0 Å². The summed E-state index contributed by atoms with van der Waals surface area (Å²) in [7, 11) is 1.96. The van der Waals surface area contributed by atoms with Crippen molar-refractivity contribution in [2.45, 2.75) is 19.1 Å². The van der Waals surface area contributed by atoms with Crippen LogP contribution in [0.15, 0.2) is 24.4 Å². The highest BCUT2D eigenvalue weighted by molar-refractivity contribution is 5.44. The number of aryl methyl sites for hydroxylation is 1. The summed E-state index contributed by atoms with van der Waals surface area (Å²) in [5.41, 5.74) is 3.67. The predicted molar refractivity (Wildman–Crippen MR) is 79.9 cm³/mol. The van der Waals surface area contributed by atoms with Crippen LogP contribution >= 0.6 is 0 Å². The molecule has 0 fully saturated rings. The van der Waals surface area contributed by atoms with Crippen molar-refractivity contribution < 1.29 is 14.2 Å². The summed E-state index contributed by atoms with van der Waals surface area (Å²) >= 11 is 0. The SMILES string of the molecule is Cn1ncc2c1COC[C@@H]2CNCc1ccc2c(c1)OCO2. The van der Waals surface area contributed by atoms with Gasteiger partial charge >= 0.3 is 0 Å². The topological polar surface area (TPSA) is 57.5 Å². The van der Waals surface area contributed by atoms with Crippen LogP contribution < -0.4 is 14.8 Å². The number of hydrogen-bond donors (Lipinski definition) is 1. The molecule has 0 amide bonds. The molecule has 0 saturated heterocycles. The second-order valence-electron chi connectivity index (χ2n) is 5.70. The number of nitrogens with one attached hydrogen (secondary N) is 1. The largest absolute Gasteiger partial charge is 0.454 e. The van der Waals surface area contributed by atoms with Crippen LogP contribution in [0.2, 0.25) is 0 Å². The fourth-order valence-corrected chi connectivity index (χ4v) is 3.00. The van der Waals surface area contributed by atoms with E-state index in [9.17, 15) is 0 Å².